The number of thiophene rings is 1. The summed E-state index contributed by atoms with van der Waals surface area (Å²) in [6.45, 7) is 3.66. The monoisotopic (exact) mass is 419 g/mol. The number of benzene rings is 1. The Hall–Kier alpha value is -1.93. The Morgan fingerprint density at radius 2 is 2.21 bits per heavy atom. The van der Waals surface area contributed by atoms with Crippen LogP contribution in [0.25, 0.3) is 15.9 Å². The number of likely N-dealkylation sites (N-methyl/N-ethyl adjacent to an activating group) is 2. The van der Waals surface area contributed by atoms with Crippen LogP contribution in [-0.4, -0.2) is 50.3 Å². The number of fused-ring (bicyclic) bond motifs is 3. The Balaban J connectivity index is 1.90. The van der Waals surface area contributed by atoms with Crippen LogP contribution in [0.4, 0.5) is 5.95 Å². The number of hydrogen-bond donors (Lipinski definition) is 3. The van der Waals surface area contributed by atoms with Crippen LogP contribution in [0.2, 0.25) is 5.02 Å². The van der Waals surface area contributed by atoms with Crippen LogP contribution in [-0.2, 0) is 13.0 Å². The van der Waals surface area contributed by atoms with E-state index in [4.69, 9.17) is 16.6 Å². The second kappa shape index (κ2) is 7.83. The molecular weight excluding hydrogens is 394 g/mol. The predicted octanol–water partition coefficient (Wildman–Crippen LogP) is 0.228. The molecule has 2 aromatic heterocycles. The molecule has 1 aliphatic heterocycles. The van der Waals surface area contributed by atoms with E-state index >= 15 is 0 Å². The number of hydrogen-bond acceptors (Lipinski definition) is 4. The summed E-state index contributed by atoms with van der Waals surface area (Å²) in [6.07, 6.45) is 0.921. The molecule has 1 unspecified atom stereocenters. The second-order valence-electron chi connectivity index (χ2n) is 7.76. The minimum Gasteiger partial charge on any atom is -0.350 e. The molecule has 3 N–H and O–H groups in total. The normalized spacial score (nSPS) is 16.5. The number of halogens is 1. The highest BCUT2D eigenvalue weighted by atomic mass is 35.5. The maximum absolute atomic E-state index is 13.6. The maximum atomic E-state index is 13.6. The van der Waals surface area contributed by atoms with Crippen molar-refractivity contribution in [2.24, 2.45) is 0 Å². The number of nitrogens with zero attached hydrogens (tertiary/aromatic N) is 2. The van der Waals surface area contributed by atoms with Gasteiger partial charge in [-0.25, -0.2) is 9.55 Å². The van der Waals surface area contributed by atoms with E-state index in [1.54, 1.807) is 15.9 Å². The van der Waals surface area contributed by atoms with Crippen LogP contribution in [0.1, 0.15) is 10.4 Å². The number of aromatic nitrogens is 2. The average Bonchev–Trinajstić information content (AvgIpc) is 2.99. The Morgan fingerprint density at radius 1 is 1.39 bits per heavy atom. The largest absolute Gasteiger partial charge is 0.350 e. The molecular formula is C20H26ClN5OS+2. The van der Waals surface area contributed by atoms with Crippen LogP contribution in [0.3, 0.4) is 0 Å². The minimum absolute atomic E-state index is 0.0102. The lowest BCUT2D eigenvalue weighted by molar-refractivity contribution is -0.895. The van der Waals surface area contributed by atoms with Gasteiger partial charge in [0, 0.05) is 11.4 Å². The van der Waals surface area contributed by atoms with Gasteiger partial charge in [0.05, 0.1) is 56.7 Å². The van der Waals surface area contributed by atoms with Gasteiger partial charge >= 0.3 is 0 Å². The molecule has 0 saturated carbocycles. The van der Waals surface area contributed by atoms with E-state index in [1.807, 2.05) is 24.3 Å². The first-order valence-corrected chi connectivity index (χ1v) is 10.8. The van der Waals surface area contributed by atoms with Gasteiger partial charge in [0.15, 0.2) is 0 Å². The van der Waals surface area contributed by atoms with Gasteiger partial charge in [-0.05, 0) is 23.8 Å². The summed E-state index contributed by atoms with van der Waals surface area (Å²) in [5, 5.41) is 4.75. The van der Waals surface area contributed by atoms with E-state index in [2.05, 4.69) is 26.5 Å². The third kappa shape index (κ3) is 3.67. The summed E-state index contributed by atoms with van der Waals surface area (Å²) in [5.41, 5.74) is 1.91. The molecule has 8 heteroatoms. The lowest BCUT2D eigenvalue weighted by Gasteiger charge is -2.19. The van der Waals surface area contributed by atoms with Crippen molar-refractivity contribution in [2.75, 3.05) is 46.1 Å². The van der Waals surface area contributed by atoms with Gasteiger partial charge in [-0.3, -0.25) is 4.79 Å². The molecule has 1 aromatic carbocycles. The van der Waals surface area contributed by atoms with Crippen molar-refractivity contribution in [3.05, 3.63) is 50.1 Å². The zero-order valence-corrected chi connectivity index (χ0v) is 18.0. The van der Waals surface area contributed by atoms with E-state index in [-0.39, 0.29) is 5.56 Å². The number of anilines is 1. The fourth-order valence-electron chi connectivity index (χ4n) is 3.66. The number of rotatable bonds is 5. The van der Waals surface area contributed by atoms with E-state index in [9.17, 15) is 4.79 Å². The third-order valence-corrected chi connectivity index (χ3v) is 6.51. The molecule has 0 aliphatic carbocycles. The zero-order valence-electron chi connectivity index (χ0n) is 16.4. The van der Waals surface area contributed by atoms with Crippen molar-refractivity contribution in [3.8, 4) is 5.69 Å². The molecule has 0 amide bonds. The average molecular weight is 420 g/mol. The van der Waals surface area contributed by atoms with Gasteiger partial charge in [-0.2, -0.15) is 0 Å². The minimum atomic E-state index is -0.0102. The Bertz CT molecular complexity index is 1070. The van der Waals surface area contributed by atoms with Crippen LogP contribution in [0.15, 0.2) is 29.1 Å². The Kier molecular flexibility index (Phi) is 5.42. The summed E-state index contributed by atoms with van der Waals surface area (Å²) >= 11 is 7.88. The highest BCUT2D eigenvalue weighted by Gasteiger charge is 2.26. The summed E-state index contributed by atoms with van der Waals surface area (Å²) in [7, 11) is 6.41. The summed E-state index contributed by atoms with van der Waals surface area (Å²) in [4.78, 5) is 23.4. The molecule has 3 aromatic rings. The van der Waals surface area contributed by atoms with Crippen LogP contribution in [0, 0.1) is 0 Å². The number of quaternary nitrogens is 2. The highest BCUT2D eigenvalue weighted by Crippen LogP contribution is 2.30. The fraction of sp³-hybridized carbons (Fsp3) is 0.400. The van der Waals surface area contributed by atoms with E-state index in [0.29, 0.717) is 11.0 Å². The SMILES string of the molecule is C[NH+](C)CCNc1nc2sc3c(c2c(=O)n1-c1cccc(Cl)c1)CC[NH+](C)C3. The molecule has 0 spiro atoms. The second-order valence-corrected chi connectivity index (χ2v) is 9.28. The zero-order chi connectivity index (χ0) is 19.8. The number of nitrogens with one attached hydrogen (secondary N) is 3. The molecule has 4 rings (SSSR count). The Labute approximate surface area is 173 Å². The lowest BCUT2D eigenvalue weighted by Crippen LogP contribution is -3.08. The van der Waals surface area contributed by atoms with Gasteiger partial charge in [0.2, 0.25) is 5.95 Å². The van der Waals surface area contributed by atoms with Gasteiger partial charge in [0.1, 0.15) is 11.4 Å². The van der Waals surface area contributed by atoms with E-state index < -0.39 is 0 Å². The standard InChI is InChI=1S/C20H24ClN5OS/c1-24(2)10-8-22-20-23-18-17(15-7-9-25(3)12-16(15)28-18)19(27)26(20)14-6-4-5-13(21)11-14/h4-6,11H,7-10,12H2,1-3H3,(H,22,23)/p+2. The molecule has 1 aliphatic rings. The molecule has 3 heterocycles. The lowest BCUT2D eigenvalue weighted by atomic mass is 10.1. The highest BCUT2D eigenvalue weighted by molar-refractivity contribution is 7.18. The van der Waals surface area contributed by atoms with Crippen molar-refractivity contribution in [2.45, 2.75) is 13.0 Å². The first-order valence-electron chi connectivity index (χ1n) is 9.61. The molecule has 0 fully saturated rings. The van der Waals surface area contributed by atoms with Crippen molar-refractivity contribution in [1.82, 2.24) is 9.55 Å². The van der Waals surface area contributed by atoms with Crippen molar-refractivity contribution in [3.63, 3.8) is 0 Å². The van der Waals surface area contributed by atoms with Gasteiger partial charge in [0.25, 0.3) is 5.56 Å². The van der Waals surface area contributed by atoms with Gasteiger partial charge in [-0.15, -0.1) is 11.3 Å². The maximum Gasteiger partial charge on any atom is 0.268 e. The van der Waals surface area contributed by atoms with Crippen LogP contribution < -0.4 is 20.7 Å². The van der Waals surface area contributed by atoms with Crippen molar-refractivity contribution in [1.29, 1.82) is 0 Å². The molecule has 28 heavy (non-hydrogen) atoms. The van der Waals surface area contributed by atoms with Gasteiger partial charge < -0.3 is 15.1 Å². The molecule has 6 nitrogen and oxygen atoms in total. The van der Waals surface area contributed by atoms with Gasteiger partial charge in [-0.1, -0.05) is 17.7 Å². The van der Waals surface area contributed by atoms with E-state index in [1.165, 1.54) is 20.2 Å². The molecule has 0 saturated heterocycles. The predicted molar refractivity (Wildman–Crippen MR) is 116 cm³/mol. The smallest absolute Gasteiger partial charge is 0.268 e. The van der Waals surface area contributed by atoms with Crippen molar-refractivity contribution >= 4 is 39.1 Å². The molecule has 1 atom stereocenters. The van der Waals surface area contributed by atoms with Crippen LogP contribution >= 0.6 is 22.9 Å². The molecule has 0 radical (unpaired) electrons. The fourth-order valence-corrected chi connectivity index (χ4v) is 5.17. The summed E-state index contributed by atoms with van der Waals surface area (Å²) in [6, 6.07) is 7.40. The molecule has 148 valence electrons. The van der Waals surface area contributed by atoms with E-state index in [0.717, 1.165) is 48.5 Å². The summed E-state index contributed by atoms with van der Waals surface area (Å²) < 4.78 is 1.68. The van der Waals surface area contributed by atoms with Crippen LogP contribution in [0.5, 0.6) is 0 Å². The third-order valence-electron chi connectivity index (χ3n) is 5.15. The first kappa shape index (κ1) is 19.4. The quantitative estimate of drug-likeness (QED) is 0.555. The molecule has 0 bridgehead atoms. The Morgan fingerprint density at radius 3 is 2.96 bits per heavy atom. The van der Waals surface area contributed by atoms with Crippen molar-refractivity contribution < 1.29 is 9.80 Å². The summed E-state index contributed by atoms with van der Waals surface area (Å²) in [5.74, 6) is 0.584. The first-order chi connectivity index (χ1) is 13.4. The topological polar surface area (TPSA) is 55.8 Å².